The first-order valence-electron chi connectivity index (χ1n) is 12.5. The first-order valence-corrected chi connectivity index (χ1v) is 12.5. The number of carbonyl (C=O) groups excluding carboxylic acids is 3. The van der Waals surface area contributed by atoms with Gasteiger partial charge in [-0.25, -0.2) is 5.01 Å². The van der Waals surface area contributed by atoms with Gasteiger partial charge in [-0.1, -0.05) is 48.5 Å². The van der Waals surface area contributed by atoms with Gasteiger partial charge in [0.15, 0.2) is 5.78 Å². The van der Waals surface area contributed by atoms with E-state index in [4.69, 9.17) is 10.5 Å². The van der Waals surface area contributed by atoms with E-state index >= 15 is 0 Å². The number of hydrogen-bond donors (Lipinski definition) is 2. The first-order chi connectivity index (χ1) is 17.6. The number of Topliss-reactive ketones (excluding diaryl/α,β-unsaturated/α-hetero) is 1. The summed E-state index contributed by atoms with van der Waals surface area (Å²) < 4.78 is 5.72. The SMILES string of the molecule is CN1N=C2CCN(c3ccccc3COCC(=O)CNC(=O)C(C)(C)N)CC2(Cc2ccccc2)C1=O. The molecule has 1 saturated heterocycles. The average Bonchev–Trinajstić information content (AvgIpc) is 3.11. The van der Waals surface area contributed by atoms with Gasteiger partial charge in [0.2, 0.25) is 5.91 Å². The molecular weight excluding hydrogens is 470 g/mol. The fourth-order valence-corrected chi connectivity index (χ4v) is 4.91. The molecule has 9 heteroatoms. The molecule has 0 saturated carbocycles. The molecule has 1 atom stereocenters. The summed E-state index contributed by atoms with van der Waals surface area (Å²) in [5, 5.41) is 8.62. The van der Waals surface area contributed by atoms with Crippen LogP contribution in [0, 0.1) is 5.41 Å². The average molecular weight is 506 g/mol. The maximum Gasteiger partial charge on any atom is 0.256 e. The number of benzene rings is 2. The molecule has 2 heterocycles. The number of nitrogens with one attached hydrogen (secondary N) is 1. The van der Waals surface area contributed by atoms with E-state index in [-0.39, 0.29) is 31.4 Å². The highest BCUT2D eigenvalue weighted by Crippen LogP contribution is 2.40. The number of ether oxygens (including phenoxy) is 1. The first kappa shape index (κ1) is 26.5. The van der Waals surface area contributed by atoms with Crippen molar-refractivity contribution in [2.24, 2.45) is 16.3 Å². The van der Waals surface area contributed by atoms with Gasteiger partial charge >= 0.3 is 0 Å². The molecule has 0 spiro atoms. The van der Waals surface area contributed by atoms with Crippen LogP contribution in [0.25, 0.3) is 0 Å². The number of fused-ring (bicyclic) bond motifs is 1. The van der Waals surface area contributed by atoms with Crippen molar-refractivity contribution in [2.45, 2.75) is 38.8 Å². The minimum Gasteiger partial charge on any atom is -0.369 e. The minimum atomic E-state index is -1.05. The molecule has 2 aliphatic rings. The maximum atomic E-state index is 13.4. The van der Waals surface area contributed by atoms with Crippen molar-refractivity contribution in [3.63, 3.8) is 0 Å². The molecule has 196 valence electrons. The van der Waals surface area contributed by atoms with Crippen LogP contribution in [-0.2, 0) is 32.1 Å². The third-order valence-corrected chi connectivity index (χ3v) is 6.84. The molecule has 1 fully saturated rings. The summed E-state index contributed by atoms with van der Waals surface area (Å²) >= 11 is 0. The lowest BCUT2D eigenvalue weighted by atomic mass is 9.73. The molecule has 0 aromatic heterocycles. The number of nitrogens with two attached hydrogens (primary N) is 1. The number of amides is 2. The van der Waals surface area contributed by atoms with Crippen molar-refractivity contribution in [1.29, 1.82) is 0 Å². The summed E-state index contributed by atoms with van der Waals surface area (Å²) in [6, 6.07) is 17.9. The third kappa shape index (κ3) is 5.89. The number of hydrogen-bond acceptors (Lipinski definition) is 7. The second-order valence-electron chi connectivity index (χ2n) is 10.4. The lowest BCUT2D eigenvalue weighted by Crippen LogP contribution is -2.54. The number of rotatable bonds is 10. The van der Waals surface area contributed by atoms with Crippen LogP contribution in [-0.4, -0.2) is 67.1 Å². The second kappa shape index (κ2) is 10.8. The summed E-state index contributed by atoms with van der Waals surface area (Å²) in [6.45, 7) is 4.38. The van der Waals surface area contributed by atoms with E-state index in [1.165, 1.54) is 5.01 Å². The third-order valence-electron chi connectivity index (χ3n) is 6.84. The second-order valence-corrected chi connectivity index (χ2v) is 10.4. The molecule has 37 heavy (non-hydrogen) atoms. The van der Waals surface area contributed by atoms with Crippen LogP contribution >= 0.6 is 0 Å². The van der Waals surface area contributed by atoms with Gasteiger partial charge in [0.25, 0.3) is 5.91 Å². The predicted molar refractivity (Wildman–Crippen MR) is 142 cm³/mol. The van der Waals surface area contributed by atoms with Crippen LogP contribution in [0.2, 0.25) is 0 Å². The van der Waals surface area contributed by atoms with Gasteiger partial charge in [0.1, 0.15) is 12.0 Å². The summed E-state index contributed by atoms with van der Waals surface area (Å²) in [7, 11) is 1.72. The lowest BCUT2D eigenvalue weighted by molar-refractivity contribution is -0.134. The Kier molecular flexibility index (Phi) is 7.75. The molecule has 2 aromatic carbocycles. The smallest absolute Gasteiger partial charge is 0.256 e. The Bertz CT molecular complexity index is 1190. The van der Waals surface area contributed by atoms with Gasteiger partial charge in [0.05, 0.1) is 24.4 Å². The monoisotopic (exact) mass is 505 g/mol. The Balaban J connectivity index is 1.44. The number of carbonyl (C=O) groups is 3. The van der Waals surface area contributed by atoms with Crippen LogP contribution in [0.3, 0.4) is 0 Å². The Hall–Kier alpha value is -3.56. The maximum absolute atomic E-state index is 13.4. The Labute approximate surface area is 217 Å². The zero-order chi connectivity index (χ0) is 26.6. The van der Waals surface area contributed by atoms with Crippen LogP contribution in [0.1, 0.15) is 31.4 Å². The fourth-order valence-electron chi connectivity index (χ4n) is 4.91. The molecule has 2 aliphatic heterocycles. The number of para-hydroxylation sites is 1. The van der Waals surface area contributed by atoms with Crippen LogP contribution < -0.4 is 16.0 Å². The van der Waals surface area contributed by atoms with Gasteiger partial charge in [-0.3, -0.25) is 14.4 Å². The summed E-state index contributed by atoms with van der Waals surface area (Å²) in [5.41, 5.74) is 7.91. The van der Waals surface area contributed by atoms with Gasteiger partial charge in [0, 0.05) is 37.8 Å². The summed E-state index contributed by atoms with van der Waals surface area (Å²) in [4.78, 5) is 39.7. The van der Waals surface area contributed by atoms with Gasteiger partial charge in [-0.2, -0.15) is 5.10 Å². The van der Waals surface area contributed by atoms with E-state index in [2.05, 4.69) is 15.3 Å². The quantitative estimate of drug-likeness (QED) is 0.509. The number of anilines is 1. The van der Waals surface area contributed by atoms with E-state index in [9.17, 15) is 14.4 Å². The van der Waals surface area contributed by atoms with E-state index < -0.39 is 16.9 Å². The van der Waals surface area contributed by atoms with Gasteiger partial charge in [-0.05, 0) is 31.9 Å². The van der Waals surface area contributed by atoms with E-state index in [0.29, 0.717) is 19.4 Å². The molecule has 0 bridgehead atoms. The normalized spacial score (nSPS) is 19.5. The number of ketones is 1. The van der Waals surface area contributed by atoms with Gasteiger partial charge in [-0.15, -0.1) is 0 Å². The fraction of sp³-hybridized carbons (Fsp3) is 0.429. The zero-order valence-corrected chi connectivity index (χ0v) is 21.7. The highest BCUT2D eigenvalue weighted by molar-refractivity contribution is 6.13. The molecule has 2 amide bonds. The molecular formula is C28H35N5O4. The molecule has 2 aromatic rings. The van der Waals surface area contributed by atoms with Crippen molar-refractivity contribution in [1.82, 2.24) is 10.3 Å². The van der Waals surface area contributed by atoms with Crippen molar-refractivity contribution >= 4 is 29.0 Å². The lowest BCUT2D eigenvalue weighted by Gasteiger charge is -2.41. The molecule has 4 rings (SSSR count). The predicted octanol–water partition coefficient (Wildman–Crippen LogP) is 1.89. The molecule has 0 aliphatic carbocycles. The van der Waals surface area contributed by atoms with E-state index in [0.717, 1.165) is 29.1 Å². The Morgan fingerprint density at radius 1 is 1.14 bits per heavy atom. The Morgan fingerprint density at radius 2 is 1.84 bits per heavy atom. The van der Waals surface area contributed by atoms with E-state index in [1.807, 2.05) is 54.6 Å². The summed E-state index contributed by atoms with van der Waals surface area (Å²) in [6.07, 6.45) is 1.28. The topological polar surface area (TPSA) is 117 Å². The molecule has 3 N–H and O–H groups in total. The molecule has 1 unspecified atom stereocenters. The number of hydrazone groups is 1. The number of piperidine rings is 1. The largest absolute Gasteiger partial charge is 0.369 e. The van der Waals surface area contributed by atoms with Crippen molar-refractivity contribution in [3.8, 4) is 0 Å². The van der Waals surface area contributed by atoms with Crippen LogP contribution in [0.5, 0.6) is 0 Å². The van der Waals surface area contributed by atoms with Gasteiger partial charge < -0.3 is 20.7 Å². The zero-order valence-electron chi connectivity index (χ0n) is 21.7. The molecule has 0 radical (unpaired) electrons. The van der Waals surface area contributed by atoms with E-state index in [1.54, 1.807) is 20.9 Å². The minimum absolute atomic E-state index is 0.0121. The van der Waals surface area contributed by atoms with Crippen molar-refractivity contribution < 1.29 is 19.1 Å². The standard InChI is InChI=1S/C28H35N5O4/c1-27(2,29)25(35)30-16-22(34)18-37-17-21-11-7-8-12-23(21)33-14-13-24-28(19-33,26(36)32(3)31-24)15-20-9-5-4-6-10-20/h4-12H,13-19,29H2,1-3H3,(H,30,35). The Morgan fingerprint density at radius 3 is 2.57 bits per heavy atom. The van der Waals surface area contributed by atoms with Crippen molar-refractivity contribution in [3.05, 3.63) is 65.7 Å². The summed E-state index contributed by atoms with van der Waals surface area (Å²) in [5.74, 6) is -0.621. The highest BCUT2D eigenvalue weighted by atomic mass is 16.5. The van der Waals surface area contributed by atoms with Crippen LogP contribution in [0.4, 0.5) is 5.69 Å². The van der Waals surface area contributed by atoms with Crippen molar-refractivity contribution in [2.75, 3.05) is 38.2 Å². The number of nitrogens with zero attached hydrogens (tertiary/aromatic N) is 3. The highest BCUT2D eigenvalue weighted by Gasteiger charge is 2.52. The molecule has 9 nitrogen and oxygen atoms in total. The van der Waals surface area contributed by atoms with Crippen LogP contribution in [0.15, 0.2) is 59.7 Å².